The van der Waals surface area contributed by atoms with Gasteiger partial charge in [0.2, 0.25) is 0 Å². The molecule has 0 radical (unpaired) electrons. The Labute approximate surface area is 141 Å². The zero-order valence-corrected chi connectivity index (χ0v) is 14.3. The normalized spacial score (nSPS) is 12.9. The van der Waals surface area contributed by atoms with Crippen LogP contribution < -0.4 is 10.2 Å². The molecule has 3 nitrogen and oxygen atoms in total. The first-order chi connectivity index (χ1) is 10.8. The van der Waals surface area contributed by atoms with Crippen LogP contribution in [0, 0.1) is 0 Å². The molecule has 1 aliphatic rings. The summed E-state index contributed by atoms with van der Waals surface area (Å²) in [6.45, 7) is 2.05. The molecule has 0 amide bonds. The van der Waals surface area contributed by atoms with E-state index < -0.39 is 0 Å². The second-order valence-corrected chi connectivity index (χ2v) is 6.88. The first kappa shape index (κ1) is 15.7. The highest BCUT2D eigenvalue weighted by Crippen LogP contribution is 2.47. The van der Waals surface area contributed by atoms with Gasteiger partial charge >= 0.3 is 0 Å². The van der Waals surface area contributed by atoms with Gasteiger partial charge in [0.15, 0.2) is 0 Å². The summed E-state index contributed by atoms with van der Waals surface area (Å²) in [5.41, 5.74) is 1.18. The quantitative estimate of drug-likeness (QED) is 0.774. The van der Waals surface area contributed by atoms with Crippen LogP contribution >= 0.6 is 23.4 Å². The number of fused-ring (bicyclic) bond motifs is 2. The Morgan fingerprint density at radius 2 is 2.09 bits per heavy atom. The zero-order chi connectivity index (χ0) is 15.4. The van der Waals surface area contributed by atoms with E-state index in [-0.39, 0.29) is 0 Å². The maximum absolute atomic E-state index is 6.21. The molecule has 0 aliphatic carbocycles. The van der Waals surface area contributed by atoms with E-state index in [0.29, 0.717) is 0 Å². The molecule has 1 N–H and O–H groups in total. The topological polar surface area (TPSA) is 28.2 Å². The average Bonchev–Trinajstić information content (AvgIpc) is 2.54. The monoisotopic (exact) mass is 333 g/mol. The fourth-order valence-electron chi connectivity index (χ4n) is 2.66. The van der Waals surface area contributed by atoms with Crippen LogP contribution in [-0.4, -0.2) is 25.1 Å². The second kappa shape index (κ2) is 7.36. The molecule has 0 unspecified atom stereocenters. The van der Waals surface area contributed by atoms with Crippen LogP contribution in [0.1, 0.15) is 19.3 Å². The first-order valence-electron chi connectivity index (χ1n) is 7.64. The van der Waals surface area contributed by atoms with Gasteiger partial charge in [0, 0.05) is 22.7 Å². The van der Waals surface area contributed by atoms with Crippen molar-refractivity contribution in [3.05, 3.63) is 41.6 Å². The molecule has 2 heterocycles. The van der Waals surface area contributed by atoms with Crippen molar-refractivity contribution in [2.45, 2.75) is 29.1 Å². The van der Waals surface area contributed by atoms with E-state index in [1.54, 1.807) is 11.8 Å². The van der Waals surface area contributed by atoms with Crippen LogP contribution in [0.4, 0.5) is 11.5 Å². The summed E-state index contributed by atoms with van der Waals surface area (Å²) in [7, 11) is 2.00. The van der Waals surface area contributed by atoms with Gasteiger partial charge in [-0.05, 0) is 56.8 Å². The minimum atomic E-state index is 0.777. The van der Waals surface area contributed by atoms with Crippen molar-refractivity contribution in [2.24, 2.45) is 0 Å². The average molecular weight is 334 g/mol. The molecule has 5 heteroatoms. The van der Waals surface area contributed by atoms with Crippen LogP contribution in [0.25, 0.3) is 0 Å². The van der Waals surface area contributed by atoms with Gasteiger partial charge in [-0.15, -0.1) is 0 Å². The molecule has 0 spiro atoms. The summed E-state index contributed by atoms with van der Waals surface area (Å²) in [4.78, 5) is 9.37. The number of hydrogen-bond acceptors (Lipinski definition) is 4. The lowest BCUT2D eigenvalue weighted by Gasteiger charge is -2.31. The van der Waals surface area contributed by atoms with Crippen LogP contribution in [-0.2, 0) is 0 Å². The van der Waals surface area contributed by atoms with E-state index in [9.17, 15) is 0 Å². The zero-order valence-electron chi connectivity index (χ0n) is 12.7. The van der Waals surface area contributed by atoms with Gasteiger partial charge in [-0.25, -0.2) is 4.98 Å². The number of aromatic nitrogens is 1. The van der Waals surface area contributed by atoms with E-state index in [1.165, 1.54) is 28.3 Å². The van der Waals surface area contributed by atoms with Crippen LogP contribution in [0.15, 0.2) is 46.3 Å². The van der Waals surface area contributed by atoms with E-state index >= 15 is 0 Å². The van der Waals surface area contributed by atoms with E-state index in [2.05, 4.69) is 33.4 Å². The molecule has 1 aromatic heterocycles. The van der Waals surface area contributed by atoms with Crippen molar-refractivity contribution in [1.29, 1.82) is 0 Å². The standard InChI is InChI=1S/C17H20ClN3S/c1-19-9-3-2-4-11-21-14-12-13(18)7-8-15(14)22-16-6-5-10-20-17(16)21/h5-8,10,12,19H,2-4,9,11H2,1H3. The molecule has 22 heavy (non-hydrogen) atoms. The van der Waals surface area contributed by atoms with Crippen LogP contribution in [0.3, 0.4) is 0 Å². The van der Waals surface area contributed by atoms with Gasteiger partial charge in [-0.1, -0.05) is 29.8 Å². The number of nitrogens with zero attached hydrogens (tertiary/aromatic N) is 2. The Morgan fingerprint density at radius 3 is 2.95 bits per heavy atom. The minimum Gasteiger partial charge on any atom is -0.324 e. The highest BCUT2D eigenvalue weighted by atomic mass is 35.5. The number of benzene rings is 1. The van der Waals surface area contributed by atoms with Crippen molar-refractivity contribution in [1.82, 2.24) is 10.3 Å². The molecule has 0 saturated heterocycles. The van der Waals surface area contributed by atoms with Gasteiger partial charge in [0.25, 0.3) is 0 Å². The fraction of sp³-hybridized carbons (Fsp3) is 0.353. The van der Waals surface area contributed by atoms with E-state index in [4.69, 9.17) is 11.6 Å². The Balaban J connectivity index is 1.82. The van der Waals surface area contributed by atoms with Gasteiger partial charge < -0.3 is 10.2 Å². The number of anilines is 2. The summed E-state index contributed by atoms with van der Waals surface area (Å²) in [6.07, 6.45) is 5.43. The third kappa shape index (κ3) is 3.40. The molecule has 116 valence electrons. The summed E-state index contributed by atoms with van der Waals surface area (Å²) in [6, 6.07) is 10.2. The van der Waals surface area contributed by atoms with Crippen molar-refractivity contribution in [2.75, 3.05) is 25.0 Å². The van der Waals surface area contributed by atoms with Crippen LogP contribution in [0.5, 0.6) is 0 Å². The molecule has 0 bridgehead atoms. The number of hydrogen-bond donors (Lipinski definition) is 1. The van der Waals surface area contributed by atoms with Crippen molar-refractivity contribution in [3.8, 4) is 0 Å². The van der Waals surface area contributed by atoms with Crippen molar-refractivity contribution in [3.63, 3.8) is 0 Å². The molecule has 0 saturated carbocycles. The summed E-state index contributed by atoms with van der Waals surface area (Å²) in [5, 5.41) is 3.97. The summed E-state index contributed by atoms with van der Waals surface area (Å²) >= 11 is 7.98. The number of rotatable bonds is 6. The van der Waals surface area contributed by atoms with Crippen molar-refractivity contribution < 1.29 is 0 Å². The lowest BCUT2D eigenvalue weighted by Crippen LogP contribution is -2.23. The predicted molar refractivity (Wildman–Crippen MR) is 94.6 cm³/mol. The van der Waals surface area contributed by atoms with Gasteiger partial charge in [0.05, 0.1) is 10.6 Å². The Morgan fingerprint density at radius 1 is 1.18 bits per heavy atom. The van der Waals surface area contributed by atoms with E-state index in [1.807, 2.05) is 25.4 Å². The predicted octanol–water partition coefficient (Wildman–Crippen LogP) is 4.73. The van der Waals surface area contributed by atoms with Gasteiger partial charge in [0.1, 0.15) is 5.82 Å². The lowest BCUT2D eigenvalue weighted by molar-refractivity contribution is 0.641. The maximum Gasteiger partial charge on any atom is 0.147 e. The highest BCUT2D eigenvalue weighted by molar-refractivity contribution is 7.99. The molecule has 0 fully saturated rings. The minimum absolute atomic E-state index is 0.777. The van der Waals surface area contributed by atoms with Crippen molar-refractivity contribution >= 4 is 34.9 Å². The molecular formula is C17H20ClN3S. The smallest absolute Gasteiger partial charge is 0.147 e. The summed E-state index contributed by atoms with van der Waals surface area (Å²) in [5.74, 6) is 1.05. The largest absolute Gasteiger partial charge is 0.324 e. The molecule has 0 atom stereocenters. The third-order valence-electron chi connectivity index (χ3n) is 3.75. The van der Waals surface area contributed by atoms with Gasteiger partial charge in [-0.2, -0.15) is 0 Å². The number of unbranched alkanes of at least 4 members (excludes halogenated alkanes) is 2. The molecular weight excluding hydrogens is 314 g/mol. The van der Waals surface area contributed by atoms with E-state index in [0.717, 1.165) is 30.4 Å². The highest BCUT2D eigenvalue weighted by Gasteiger charge is 2.24. The number of pyridine rings is 1. The molecule has 2 aromatic rings. The van der Waals surface area contributed by atoms with Crippen LogP contribution in [0.2, 0.25) is 5.02 Å². The third-order valence-corrected chi connectivity index (χ3v) is 5.09. The summed E-state index contributed by atoms with van der Waals surface area (Å²) < 4.78 is 0. The Bertz CT molecular complexity index is 648. The Kier molecular flexibility index (Phi) is 5.24. The fourth-order valence-corrected chi connectivity index (χ4v) is 3.87. The maximum atomic E-state index is 6.21. The molecule has 1 aromatic carbocycles. The van der Waals surface area contributed by atoms with Gasteiger partial charge in [-0.3, -0.25) is 0 Å². The Hall–Kier alpha value is -1.23. The molecule has 3 rings (SSSR count). The lowest BCUT2D eigenvalue weighted by atomic mass is 10.2. The second-order valence-electron chi connectivity index (χ2n) is 5.36. The number of halogens is 1. The first-order valence-corrected chi connectivity index (χ1v) is 8.83. The SMILES string of the molecule is CNCCCCCN1c2cc(Cl)ccc2Sc2cccnc21. The molecule has 1 aliphatic heterocycles. The number of nitrogens with one attached hydrogen (secondary N) is 1.